The molecule has 0 radical (unpaired) electrons. The lowest BCUT2D eigenvalue weighted by molar-refractivity contribution is -0.105. The van der Waals surface area contributed by atoms with E-state index in [0.29, 0.717) is 0 Å². The average Bonchev–Trinajstić information content (AvgIpc) is 1.90. The fourth-order valence-corrected chi connectivity index (χ4v) is 0.754. The monoisotopic (exact) mass is 132 g/mol. The first-order valence-corrected chi connectivity index (χ1v) is 2.78. The van der Waals surface area contributed by atoms with E-state index in [1.165, 1.54) is 0 Å². The Balaban J connectivity index is -0.000000213. The van der Waals surface area contributed by atoms with Gasteiger partial charge < -0.3 is 11.5 Å². The number of carbonyl (C=O) groups is 1. The highest BCUT2D eigenvalue weighted by atomic mass is 16.1. The Bertz CT molecular complexity index is 128. The zero-order chi connectivity index (χ0) is 5.82. The number of nitrogens with one attached hydrogen (secondary N) is 1. The minimum absolute atomic E-state index is 0. The van der Waals surface area contributed by atoms with E-state index in [9.17, 15) is 4.79 Å². The molecule has 0 spiro atoms. The molecule has 0 bridgehead atoms. The van der Waals surface area contributed by atoms with Crippen molar-refractivity contribution >= 4 is 6.29 Å². The predicted octanol–water partition coefficient (Wildman–Crippen LogP) is 0.759. The van der Waals surface area contributed by atoms with Crippen LogP contribution in [0.15, 0.2) is 11.6 Å². The van der Waals surface area contributed by atoms with E-state index in [2.05, 4.69) is 5.32 Å². The van der Waals surface area contributed by atoms with Crippen molar-refractivity contribution in [1.29, 1.82) is 0 Å². The van der Waals surface area contributed by atoms with E-state index in [-0.39, 0.29) is 9.00 Å². The van der Waals surface area contributed by atoms with Crippen LogP contribution in [0.5, 0.6) is 0 Å². The van der Waals surface area contributed by atoms with Crippen molar-refractivity contribution in [3.05, 3.63) is 11.6 Å². The largest absolute Gasteiger partial charge is 0.344 e. The Kier molecular flexibility index (Phi) is 3.92. The molecule has 0 fully saturated rings. The molecule has 0 atom stereocenters. The molecular weight excluding hydrogens is 116 g/mol. The van der Waals surface area contributed by atoms with Gasteiger partial charge in [-0.2, -0.15) is 0 Å². The Hall–Kier alpha value is -0.670. The maximum absolute atomic E-state index is 10.1. The van der Waals surface area contributed by atoms with Crippen molar-refractivity contribution < 1.29 is 7.65 Å². The van der Waals surface area contributed by atoms with Gasteiger partial charge in [0.05, 0.1) is 0 Å². The molecule has 4 N–H and O–H groups in total. The minimum Gasteiger partial charge on any atom is -0.344 e. The first-order chi connectivity index (χ1) is 3.93. The number of aldehydes is 1. The van der Waals surface area contributed by atoms with E-state index >= 15 is 0 Å². The van der Waals surface area contributed by atoms with Gasteiger partial charge in [-0.05, 0) is 13.0 Å². The molecule has 9 heavy (non-hydrogen) atoms. The normalized spacial score (nSPS) is 17.6. The third-order valence-corrected chi connectivity index (χ3v) is 1.21. The van der Waals surface area contributed by atoms with Gasteiger partial charge >= 0.3 is 0 Å². The Morgan fingerprint density at radius 3 is 2.89 bits per heavy atom. The van der Waals surface area contributed by atoms with Crippen LogP contribution in [0.1, 0.15) is 9.27 Å². The van der Waals surface area contributed by atoms with Crippen LogP contribution in [0.3, 0.4) is 0 Å². The van der Waals surface area contributed by atoms with Crippen LogP contribution in [0.25, 0.3) is 0 Å². The molecule has 56 valence electrons. The summed E-state index contributed by atoms with van der Waals surface area (Å²) in [4.78, 5) is 10.1. The molecule has 3 heteroatoms. The third-order valence-electron chi connectivity index (χ3n) is 1.21. The highest BCUT2D eigenvalue weighted by Gasteiger charge is 1.98. The van der Waals surface area contributed by atoms with Gasteiger partial charge in [0.15, 0.2) is 0 Å². The van der Waals surface area contributed by atoms with Crippen LogP contribution in [-0.2, 0) is 4.79 Å². The fourth-order valence-electron chi connectivity index (χ4n) is 0.754. The smallest absolute Gasteiger partial charge is 0.147 e. The lowest BCUT2D eigenvalue weighted by Gasteiger charge is -2.07. The minimum atomic E-state index is 0. The van der Waals surface area contributed by atoms with Crippen LogP contribution in [0.2, 0.25) is 0 Å². The first-order valence-electron chi connectivity index (χ1n) is 2.78. The second-order valence-corrected chi connectivity index (χ2v) is 1.86. The lowest BCUT2D eigenvalue weighted by atomic mass is 10.2. The topological polar surface area (TPSA) is 64.1 Å². The second kappa shape index (κ2) is 4.23. The molecule has 3 nitrogen and oxygen atoms in total. The highest BCUT2D eigenvalue weighted by Crippen LogP contribution is 1.95. The molecule has 0 aliphatic carbocycles. The molecule has 0 aromatic rings. The van der Waals surface area contributed by atoms with Crippen molar-refractivity contribution in [2.24, 2.45) is 0 Å². The van der Waals surface area contributed by atoms with E-state index in [4.69, 9.17) is 0 Å². The molecular formula is C6H16N2O. The Morgan fingerprint density at radius 2 is 2.56 bits per heavy atom. The summed E-state index contributed by atoms with van der Waals surface area (Å²) in [6.45, 7) is 1.76. The van der Waals surface area contributed by atoms with E-state index < -0.39 is 0 Å². The molecule has 1 heterocycles. The summed E-state index contributed by atoms with van der Waals surface area (Å²) >= 11 is 0. The van der Waals surface area contributed by atoms with E-state index in [1.54, 1.807) is 0 Å². The predicted molar refractivity (Wildman–Crippen MR) is 40.9 cm³/mol. The van der Waals surface area contributed by atoms with Gasteiger partial charge in [0.2, 0.25) is 0 Å². The van der Waals surface area contributed by atoms with Gasteiger partial charge in [-0.3, -0.25) is 4.79 Å². The van der Waals surface area contributed by atoms with Crippen LogP contribution in [0, 0.1) is 0 Å². The summed E-state index contributed by atoms with van der Waals surface area (Å²) in [5.74, 6) is 0. The first kappa shape index (κ1) is 8.33. The van der Waals surface area contributed by atoms with E-state index in [0.717, 1.165) is 31.4 Å². The van der Waals surface area contributed by atoms with Gasteiger partial charge in [-0.25, -0.2) is 0 Å². The number of hydrogen-bond donors (Lipinski definition) is 2. The highest BCUT2D eigenvalue weighted by molar-refractivity contribution is 5.73. The number of rotatable bonds is 1. The summed E-state index contributed by atoms with van der Waals surface area (Å²) in [6, 6.07) is 0. The van der Waals surface area contributed by atoms with Crippen molar-refractivity contribution in [3.8, 4) is 0 Å². The zero-order valence-electron chi connectivity index (χ0n) is 5.39. The van der Waals surface area contributed by atoms with Crippen LogP contribution in [-0.4, -0.2) is 19.4 Å². The Morgan fingerprint density at radius 1 is 1.78 bits per heavy atom. The molecule has 0 unspecified atom stereocenters. The molecule has 0 saturated carbocycles. The molecule has 0 saturated heterocycles. The third kappa shape index (κ3) is 2.39. The van der Waals surface area contributed by atoms with Crippen LogP contribution >= 0.6 is 0 Å². The zero-order valence-corrected chi connectivity index (χ0v) is 5.39. The Labute approximate surface area is 57.7 Å². The van der Waals surface area contributed by atoms with Gasteiger partial charge in [-0.1, -0.05) is 6.08 Å². The average molecular weight is 132 g/mol. The molecule has 1 aliphatic rings. The summed E-state index contributed by atoms with van der Waals surface area (Å²) in [5, 5.41) is 3.09. The number of carbonyl (C=O) groups excluding carboxylic acids is 1. The molecule has 0 aromatic heterocycles. The molecule has 1 rings (SSSR count). The SMILES string of the molecule is N.O=CC1=CCCNC1.[HH].[HH]. The molecule has 1 aliphatic heterocycles. The molecule has 0 aromatic carbocycles. The summed E-state index contributed by atoms with van der Waals surface area (Å²) in [7, 11) is 0. The quantitative estimate of drug-likeness (QED) is 0.518. The second-order valence-electron chi connectivity index (χ2n) is 1.86. The van der Waals surface area contributed by atoms with Crippen LogP contribution in [0.4, 0.5) is 0 Å². The summed E-state index contributed by atoms with van der Waals surface area (Å²) < 4.78 is 0. The summed E-state index contributed by atoms with van der Waals surface area (Å²) in [5.41, 5.74) is 0.885. The number of hydrogen-bond acceptors (Lipinski definition) is 3. The standard InChI is InChI=1S/C6H9NO.H3N.2H2/c8-5-6-2-1-3-7-4-6;;;/h2,5,7H,1,3-4H2;1H3;2*1H. The van der Waals surface area contributed by atoms with Gasteiger partial charge in [0, 0.05) is 15.0 Å². The van der Waals surface area contributed by atoms with Crippen LogP contribution < -0.4 is 11.5 Å². The van der Waals surface area contributed by atoms with E-state index in [1.807, 2.05) is 6.08 Å². The maximum atomic E-state index is 10.1. The van der Waals surface area contributed by atoms with Gasteiger partial charge in [0.1, 0.15) is 6.29 Å². The van der Waals surface area contributed by atoms with Crippen molar-refractivity contribution in [3.63, 3.8) is 0 Å². The fraction of sp³-hybridized carbons (Fsp3) is 0.500. The van der Waals surface area contributed by atoms with Gasteiger partial charge in [-0.15, -0.1) is 0 Å². The van der Waals surface area contributed by atoms with Crippen molar-refractivity contribution in [2.75, 3.05) is 13.1 Å². The van der Waals surface area contributed by atoms with Gasteiger partial charge in [0.25, 0.3) is 0 Å². The summed E-state index contributed by atoms with van der Waals surface area (Å²) in [6.07, 6.45) is 3.88. The lowest BCUT2D eigenvalue weighted by Crippen LogP contribution is -2.22. The maximum Gasteiger partial charge on any atom is 0.147 e. The van der Waals surface area contributed by atoms with Crippen molar-refractivity contribution in [2.45, 2.75) is 6.42 Å². The van der Waals surface area contributed by atoms with Crippen molar-refractivity contribution in [1.82, 2.24) is 11.5 Å². The molecule has 0 amide bonds.